The molecule has 1 aliphatic rings. The average molecular weight is 704 g/mol. The zero-order chi connectivity index (χ0) is 37.5. The molecular weight excluding hydrogens is 650 g/mol. The normalized spacial score (nSPS) is 17.3. The summed E-state index contributed by atoms with van der Waals surface area (Å²) < 4.78 is 0. The number of hydrogen-bond donors (Lipinski definition) is 8. The maximum atomic E-state index is 13.7. The zero-order valence-corrected chi connectivity index (χ0v) is 29.2. The van der Waals surface area contributed by atoms with Gasteiger partial charge in [-0.1, -0.05) is 58.0 Å². The molecule has 1 aromatic carbocycles. The first-order chi connectivity index (χ1) is 23.5. The average Bonchev–Trinajstić information content (AvgIpc) is 3.54. The Morgan fingerprint density at radius 1 is 0.820 bits per heavy atom. The fraction of sp³-hybridized carbons (Fsp3) is 0.618. The molecule has 0 aromatic heterocycles. The molecule has 0 saturated carbocycles. The van der Waals surface area contributed by atoms with Gasteiger partial charge >= 0.3 is 5.97 Å². The van der Waals surface area contributed by atoms with Gasteiger partial charge < -0.3 is 47.8 Å². The number of likely N-dealkylation sites (tertiary alicyclic amines) is 1. The van der Waals surface area contributed by atoms with E-state index < -0.39 is 78.4 Å². The van der Waals surface area contributed by atoms with E-state index >= 15 is 0 Å². The fourth-order valence-corrected chi connectivity index (χ4v) is 5.71. The molecule has 50 heavy (non-hydrogen) atoms. The first-order valence-corrected chi connectivity index (χ1v) is 17.0. The Morgan fingerprint density at radius 3 is 1.94 bits per heavy atom. The molecule has 16 heteroatoms. The maximum Gasteiger partial charge on any atom is 0.326 e. The van der Waals surface area contributed by atoms with Gasteiger partial charge in [0.15, 0.2) is 0 Å². The molecule has 278 valence electrons. The number of hydrogen-bond acceptors (Lipinski definition) is 9. The van der Waals surface area contributed by atoms with E-state index in [1.54, 1.807) is 44.2 Å². The van der Waals surface area contributed by atoms with Crippen LogP contribution in [0.2, 0.25) is 0 Å². The topological polar surface area (TPSA) is 263 Å². The molecule has 1 heterocycles. The van der Waals surface area contributed by atoms with Crippen molar-refractivity contribution in [1.29, 1.82) is 0 Å². The summed E-state index contributed by atoms with van der Waals surface area (Å²) >= 11 is 0. The number of nitrogens with two attached hydrogens (primary N) is 2. The molecule has 0 spiro atoms. The minimum atomic E-state index is -1.61. The second kappa shape index (κ2) is 20.2. The van der Waals surface area contributed by atoms with Crippen LogP contribution in [-0.4, -0.2) is 106 Å². The lowest BCUT2D eigenvalue weighted by Crippen LogP contribution is -2.60. The van der Waals surface area contributed by atoms with Crippen molar-refractivity contribution in [1.82, 2.24) is 26.2 Å². The second-order valence-corrected chi connectivity index (χ2v) is 13.5. The van der Waals surface area contributed by atoms with Gasteiger partial charge in [-0.25, -0.2) is 4.79 Å². The number of primary amides is 1. The standard InChI is InChI=1S/C34H53N7O9/c1-19(2)15-22(35)33(48)41-14-8-11-27(41)32(47)38-24(17-21-9-6-5-7-10-21)30(45)40-26(18-42)31(46)37-23(12-13-28(36)43)29(44)39-25(34(49)50)16-20(3)4/h5-7,9-10,19-20,22-27,42H,8,11-18,35H2,1-4H3,(H2,36,43)(H,37,46)(H,38,47)(H,39,44)(H,40,45)(H,49,50)/t22-,23-,24-,25-,26-,27-/m0/s1. The number of rotatable bonds is 20. The first-order valence-electron chi connectivity index (χ1n) is 17.0. The molecule has 10 N–H and O–H groups in total. The quantitative estimate of drug-likeness (QED) is 0.0814. The Labute approximate surface area is 292 Å². The summed E-state index contributed by atoms with van der Waals surface area (Å²) in [7, 11) is 0. The van der Waals surface area contributed by atoms with E-state index in [1.165, 1.54) is 4.90 Å². The lowest BCUT2D eigenvalue weighted by atomic mass is 10.0. The van der Waals surface area contributed by atoms with Crippen LogP contribution >= 0.6 is 0 Å². The molecule has 16 nitrogen and oxygen atoms in total. The van der Waals surface area contributed by atoms with E-state index in [0.717, 1.165) is 0 Å². The van der Waals surface area contributed by atoms with Crippen LogP contribution in [0.15, 0.2) is 30.3 Å². The van der Waals surface area contributed by atoms with Gasteiger partial charge in [-0.05, 0) is 49.5 Å². The van der Waals surface area contributed by atoms with E-state index in [9.17, 15) is 43.8 Å². The van der Waals surface area contributed by atoms with Crippen molar-refractivity contribution >= 4 is 41.4 Å². The number of amides is 6. The molecule has 0 unspecified atom stereocenters. The Balaban J connectivity index is 2.25. The van der Waals surface area contributed by atoms with Crippen molar-refractivity contribution in [2.45, 2.75) is 109 Å². The highest BCUT2D eigenvalue weighted by Crippen LogP contribution is 2.20. The Bertz CT molecular complexity index is 1340. The van der Waals surface area contributed by atoms with Crippen LogP contribution in [-0.2, 0) is 40.0 Å². The molecule has 1 aliphatic heterocycles. The summed E-state index contributed by atoms with van der Waals surface area (Å²) in [6.45, 7) is 6.84. The minimum absolute atomic E-state index is 0.00177. The monoisotopic (exact) mass is 703 g/mol. The number of nitrogens with zero attached hydrogens (tertiary/aromatic N) is 1. The Hall–Kier alpha value is -4.57. The summed E-state index contributed by atoms with van der Waals surface area (Å²) in [6, 6.07) is 1.56. The number of aliphatic hydroxyl groups is 1. The lowest BCUT2D eigenvalue weighted by molar-refractivity contribution is -0.143. The van der Waals surface area contributed by atoms with E-state index in [-0.39, 0.29) is 43.4 Å². The number of carboxylic acids is 1. The largest absolute Gasteiger partial charge is 0.480 e. The molecule has 0 radical (unpaired) electrons. The number of aliphatic hydroxyl groups excluding tert-OH is 1. The summed E-state index contributed by atoms with van der Waals surface area (Å²) in [5, 5.41) is 29.5. The summed E-state index contributed by atoms with van der Waals surface area (Å²) in [5.74, 6) is -5.65. The third kappa shape index (κ3) is 13.4. The number of carbonyl (C=O) groups is 7. The molecule has 0 aliphatic carbocycles. The minimum Gasteiger partial charge on any atom is -0.480 e. The van der Waals surface area contributed by atoms with Gasteiger partial charge in [0.1, 0.15) is 30.2 Å². The van der Waals surface area contributed by atoms with Crippen LogP contribution in [0.1, 0.15) is 71.8 Å². The molecular formula is C34H53N7O9. The van der Waals surface area contributed by atoms with Crippen molar-refractivity contribution in [2.24, 2.45) is 23.3 Å². The van der Waals surface area contributed by atoms with E-state index in [0.29, 0.717) is 31.4 Å². The predicted octanol–water partition coefficient (Wildman–Crippen LogP) is -1.08. The Morgan fingerprint density at radius 2 is 1.38 bits per heavy atom. The van der Waals surface area contributed by atoms with Gasteiger partial charge in [-0.15, -0.1) is 0 Å². The van der Waals surface area contributed by atoms with Crippen LogP contribution in [0.25, 0.3) is 0 Å². The van der Waals surface area contributed by atoms with Crippen molar-refractivity contribution in [3.05, 3.63) is 35.9 Å². The second-order valence-electron chi connectivity index (χ2n) is 13.5. The number of carboxylic acid groups (broad SMARTS) is 1. The van der Waals surface area contributed by atoms with Crippen molar-refractivity contribution in [3.63, 3.8) is 0 Å². The molecule has 1 saturated heterocycles. The lowest BCUT2D eigenvalue weighted by Gasteiger charge is -2.29. The van der Waals surface area contributed by atoms with Gasteiger partial charge in [0, 0.05) is 19.4 Å². The number of carbonyl (C=O) groups excluding carboxylic acids is 6. The fourth-order valence-electron chi connectivity index (χ4n) is 5.71. The van der Waals surface area contributed by atoms with Crippen LogP contribution < -0.4 is 32.7 Å². The molecule has 0 bridgehead atoms. The summed E-state index contributed by atoms with van der Waals surface area (Å²) in [4.78, 5) is 91.3. The first kappa shape index (κ1) is 41.6. The Kier molecular flexibility index (Phi) is 16.8. The highest BCUT2D eigenvalue weighted by Gasteiger charge is 2.38. The van der Waals surface area contributed by atoms with Gasteiger partial charge in [0.05, 0.1) is 12.6 Å². The van der Waals surface area contributed by atoms with E-state index in [4.69, 9.17) is 11.5 Å². The molecule has 6 amide bonds. The van der Waals surface area contributed by atoms with Crippen molar-refractivity contribution in [2.75, 3.05) is 13.2 Å². The van der Waals surface area contributed by atoms with Crippen molar-refractivity contribution < 1.29 is 43.8 Å². The smallest absolute Gasteiger partial charge is 0.326 e. The highest BCUT2D eigenvalue weighted by atomic mass is 16.4. The van der Waals surface area contributed by atoms with Gasteiger partial charge in [0.25, 0.3) is 0 Å². The molecule has 1 fully saturated rings. The third-order valence-corrected chi connectivity index (χ3v) is 8.25. The van der Waals surface area contributed by atoms with Gasteiger partial charge in [-0.2, -0.15) is 0 Å². The van der Waals surface area contributed by atoms with Gasteiger partial charge in [0.2, 0.25) is 35.4 Å². The van der Waals surface area contributed by atoms with Crippen LogP contribution in [0.5, 0.6) is 0 Å². The van der Waals surface area contributed by atoms with Gasteiger partial charge in [-0.3, -0.25) is 28.8 Å². The number of nitrogens with one attached hydrogen (secondary N) is 4. The van der Waals surface area contributed by atoms with Crippen LogP contribution in [0.4, 0.5) is 0 Å². The predicted molar refractivity (Wildman–Crippen MR) is 183 cm³/mol. The summed E-state index contributed by atoms with van der Waals surface area (Å²) in [6.07, 6.45) is 0.858. The zero-order valence-electron chi connectivity index (χ0n) is 29.2. The molecule has 1 aromatic rings. The van der Waals surface area contributed by atoms with E-state index in [1.807, 2.05) is 13.8 Å². The number of aliphatic carboxylic acids is 1. The van der Waals surface area contributed by atoms with Crippen molar-refractivity contribution in [3.8, 4) is 0 Å². The van der Waals surface area contributed by atoms with E-state index in [2.05, 4.69) is 21.3 Å². The highest BCUT2D eigenvalue weighted by molar-refractivity contribution is 5.96. The maximum absolute atomic E-state index is 13.7. The number of benzene rings is 1. The SMILES string of the molecule is CC(C)C[C@H](NC(=O)[C@H](CCC(N)=O)NC(=O)[C@H](CO)NC(=O)[C@H](Cc1ccccc1)NC(=O)[C@@H]1CCCN1C(=O)[C@@H](N)CC(C)C)C(=O)O. The van der Waals surface area contributed by atoms with Crippen LogP contribution in [0, 0.1) is 11.8 Å². The van der Waals surface area contributed by atoms with Crippen LogP contribution in [0.3, 0.4) is 0 Å². The summed E-state index contributed by atoms with van der Waals surface area (Å²) in [5.41, 5.74) is 12.0. The molecule has 6 atom stereocenters. The third-order valence-electron chi connectivity index (χ3n) is 8.25. The molecule has 2 rings (SSSR count).